The number of ether oxygens (including phenoxy) is 2. The van der Waals surface area contributed by atoms with Crippen LogP contribution in [-0.2, 0) is 11.3 Å². The number of ketones is 1. The highest BCUT2D eigenvalue weighted by Crippen LogP contribution is 2.29. The van der Waals surface area contributed by atoms with Crippen LogP contribution in [-0.4, -0.2) is 39.0 Å². The molecule has 1 aliphatic carbocycles. The van der Waals surface area contributed by atoms with E-state index in [1.165, 1.54) is 19.8 Å². The molecule has 8 heteroatoms. The lowest BCUT2D eigenvalue weighted by atomic mass is 10.2. The van der Waals surface area contributed by atoms with Crippen LogP contribution in [0.4, 0.5) is 11.6 Å². The first-order chi connectivity index (χ1) is 14.5. The molecule has 3 aromatic rings. The maximum Gasteiger partial charge on any atom is 0.228 e. The Bertz CT molecular complexity index is 1060. The van der Waals surface area contributed by atoms with Crippen molar-refractivity contribution in [1.29, 1.82) is 0 Å². The summed E-state index contributed by atoms with van der Waals surface area (Å²) in [5.74, 6) is 1.57. The summed E-state index contributed by atoms with van der Waals surface area (Å²) in [6, 6.07) is 7.38. The summed E-state index contributed by atoms with van der Waals surface area (Å²) < 4.78 is 13.2. The Labute approximate surface area is 175 Å². The first-order valence-corrected chi connectivity index (χ1v) is 9.94. The van der Waals surface area contributed by atoms with Gasteiger partial charge in [0.25, 0.3) is 0 Å². The van der Waals surface area contributed by atoms with Crippen LogP contribution in [0.25, 0.3) is 5.69 Å². The first-order valence-electron chi connectivity index (χ1n) is 9.94. The van der Waals surface area contributed by atoms with Crippen molar-refractivity contribution in [2.75, 3.05) is 19.0 Å². The third-order valence-electron chi connectivity index (χ3n) is 4.87. The number of aryl methyl sites for hydroxylation is 1. The van der Waals surface area contributed by atoms with Crippen LogP contribution in [0.15, 0.2) is 36.8 Å². The summed E-state index contributed by atoms with van der Waals surface area (Å²) in [5.41, 5.74) is 3.57. The average Bonchev–Trinajstić information content (AvgIpc) is 3.46. The molecule has 30 heavy (non-hydrogen) atoms. The number of anilines is 2. The van der Waals surface area contributed by atoms with E-state index >= 15 is 0 Å². The van der Waals surface area contributed by atoms with Gasteiger partial charge in [0.15, 0.2) is 5.78 Å². The van der Waals surface area contributed by atoms with Crippen molar-refractivity contribution in [3.8, 4) is 11.4 Å². The fourth-order valence-corrected chi connectivity index (χ4v) is 3.07. The number of hydrogen-bond acceptors (Lipinski definition) is 7. The van der Waals surface area contributed by atoms with E-state index in [0.29, 0.717) is 35.6 Å². The summed E-state index contributed by atoms with van der Waals surface area (Å²) in [5, 5.41) is 3.17. The fraction of sp³-hybridized carbons (Fsp3) is 0.364. The number of nitrogens with zero attached hydrogens (tertiary/aromatic N) is 4. The van der Waals surface area contributed by atoms with E-state index in [-0.39, 0.29) is 5.78 Å². The second-order valence-electron chi connectivity index (χ2n) is 7.52. The molecule has 1 aromatic carbocycles. The molecule has 4 rings (SSSR count). The molecule has 0 atom stereocenters. The summed E-state index contributed by atoms with van der Waals surface area (Å²) in [6.45, 7) is 4.51. The zero-order valence-electron chi connectivity index (χ0n) is 17.4. The quantitative estimate of drug-likeness (QED) is 0.539. The van der Waals surface area contributed by atoms with Crippen molar-refractivity contribution in [3.05, 3.63) is 53.9 Å². The minimum Gasteiger partial charge on any atom is -0.494 e. The van der Waals surface area contributed by atoms with Gasteiger partial charge < -0.3 is 19.4 Å². The smallest absolute Gasteiger partial charge is 0.228 e. The van der Waals surface area contributed by atoms with Gasteiger partial charge in [0.1, 0.15) is 11.4 Å². The topological polar surface area (TPSA) is 91.2 Å². The highest BCUT2D eigenvalue weighted by molar-refractivity contribution is 5.92. The van der Waals surface area contributed by atoms with Crippen LogP contribution in [0.3, 0.4) is 0 Å². The third kappa shape index (κ3) is 4.83. The summed E-state index contributed by atoms with van der Waals surface area (Å²) in [4.78, 5) is 25.0. The molecular formula is C22H25N5O3. The van der Waals surface area contributed by atoms with Crippen molar-refractivity contribution >= 4 is 17.4 Å². The van der Waals surface area contributed by atoms with Crippen molar-refractivity contribution in [3.63, 3.8) is 0 Å². The third-order valence-corrected chi connectivity index (χ3v) is 4.87. The van der Waals surface area contributed by atoms with Crippen molar-refractivity contribution in [2.24, 2.45) is 5.92 Å². The van der Waals surface area contributed by atoms with E-state index < -0.39 is 0 Å². The first kappa shape index (κ1) is 20.0. The molecule has 2 heterocycles. The number of methoxy groups -OCH3 is 1. The minimum atomic E-state index is -0.118. The lowest BCUT2D eigenvalue weighted by Gasteiger charge is -2.13. The van der Waals surface area contributed by atoms with Gasteiger partial charge in [-0.1, -0.05) is 0 Å². The molecule has 0 spiro atoms. The number of aromatic nitrogens is 4. The highest BCUT2D eigenvalue weighted by Gasteiger charge is 2.21. The number of carbonyl (C=O) groups excluding carboxylic acids is 1. The molecule has 1 N–H and O–H groups in total. The monoisotopic (exact) mass is 407 g/mol. The molecule has 0 radical (unpaired) electrons. The van der Waals surface area contributed by atoms with Crippen LogP contribution in [0.5, 0.6) is 5.75 Å². The van der Waals surface area contributed by atoms with E-state index in [9.17, 15) is 4.79 Å². The molecule has 1 aliphatic rings. The van der Waals surface area contributed by atoms with Gasteiger partial charge in [-0.15, -0.1) is 0 Å². The van der Waals surface area contributed by atoms with E-state index in [0.717, 1.165) is 23.7 Å². The van der Waals surface area contributed by atoms with E-state index in [4.69, 9.17) is 9.47 Å². The lowest BCUT2D eigenvalue weighted by Crippen LogP contribution is -2.08. The SMILES string of the molecule is COc1cc(Nc2nc(COCC3CC3)cc(C(C)=O)n2)ccc1-n1cnc(C)c1. The Kier molecular flexibility index (Phi) is 5.76. The Morgan fingerprint density at radius 3 is 2.77 bits per heavy atom. The van der Waals surface area contributed by atoms with Gasteiger partial charge in [-0.05, 0) is 43.9 Å². The van der Waals surface area contributed by atoms with Crippen LogP contribution in [0, 0.1) is 12.8 Å². The van der Waals surface area contributed by atoms with Gasteiger partial charge in [0.05, 0.1) is 37.1 Å². The van der Waals surface area contributed by atoms with Crippen LogP contribution >= 0.6 is 0 Å². The van der Waals surface area contributed by atoms with Gasteiger partial charge in [-0.25, -0.2) is 15.0 Å². The maximum absolute atomic E-state index is 11.9. The average molecular weight is 407 g/mol. The predicted molar refractivity (Wildman–Crippen MR) is 113 cm³/mol. The molecule has 0 amide bonds. The molecular weight excluding hydrogens is 382 g/mol. The second-order valence-corrected chi connectivity index (χ2v) is 7.52. The molecule has 0 unspecified atom stereocenters. The lowest BCUT2D eigenvalue weighted by molar-refractivity contribution is 0.100. The number of Topliss-reactive ketones (excluding diaryl/α,β-unsaturated/α-hetero) is 1. The Morgan fingerprint density at radius 1 is 1.27 bits per heavy atom. The van der Waals surface area contributed by atoms with Gasteiger partial charge in [-0.2, -0.15) is 0 Å². The zero-order valence-corrected chi connectivity index (χ0v) is 17.4. The summed E-state index contributed by atoms with van der Waals surface area (Å²) in [6.07, 6.45) is 6.13. The standard InChI is InChI=1S/C22H25N5O3/c1-14-10-27(13-23-14)20-7-6-17(9-21(20)29-3)24-22-25-18(8-19(26-22)15(2)28)12-30-11-16-4-5-16/h6-10,13,16H,4-5,11-12H2,1-3H3,(H,24,25,26). The minimum absolute atomic E-state index is 0.118. The van der Waals surface area contributed by atoms with Crippen LogP contribution in [0.1, 0.15) is 41.6 Å². The van der Waals surface area contributed by atoms with E-state index in [2.05, 4.69) is 20.3 Å². The molecule has 156 valence electrons. The van der Waals surface area contributed by atoms with Crippen LogP contribution in [0.2, 0.25) is 0 Å². The summed E-state index contributed by atoms with van der Waals surface area (Å²) in [7, 11) is 1.62. The molecule has 0 aliphatic heterocycles. The molecule has 0 bridgehead atoms. The molecule has 0 saturated heterocycles. The highest BCUT2D eigenvalue weighted by atomic mass is 16.5. The van der Waals surface area contributed by atoms with Gasteiger partial charge >= 0.3 is 0 Å². The van der Waals surface area contributed by atoms with Gasteiger partial charge in [-0.3, -0.25) is 4.79 Å². The molecule has 8 nitrogen and oxygen atoms in total. The van der Waals surface area contributed by atoms with Crippen molar-refractivity contribution < 1.29 is 14.3 Å². The number of nitrogens with one attached hydrogen (secondary N) is 1. The number of carbonyl (C=O) groups is 1. The fourth-order valence-electron chi connectivity index (χ4n) is 3.07. The molecule has 1 fully saturated rings. The van der Waals surface area contributed by atoms with Gasteiger partial charge in [0.2, 0.25) is 5.95 Å². The molecule has 1 saturated carbocycles. The number of hydrogen-bond donors (Lipinski definition) is 1. The summed E-state index contributed by atoms with van der Waals surface area (Å²) >= 11 is 0. The maximum atomic E-state index is 11.9. The van der Waals surface area contributed by atoms with Crippen molar-refractivity contribution in [2.45, 2.75) is 33.3 Å². The Balaban J connectivity index is 1.56. The number of imidazole rings is 1. The van der Waals surface area contributed by atoms with Gasteiger partial charge in [0, 0.05) is 31.5 Å². The predicted octanol–water partition coefficient (Wildman–Crippen LogP) is 3.85. The van der Waals surface area contributed by atoms with E-state index in [1.54, 1.807) is 19.5 Å². The number of rotatable bonds is 9. The zero-order chi connectivity index (χ0) is 21.1. The normalized spacial score (nSPS) is 13.3. The van der Waals surface area contributed by atoms with Crippen LogP contribution < -0.4 is 10.1 Å². The largest absolute Gasteiger partial charge is 0.494 e. The second kappa shape index (κ2) is 8.62. The Morgan fingerprint density at radius 2 is 2.10 bits per heavy atom. The Hall–Kier alpha value is -3.26. The van der Waals surface area contributed by atoms with Crippen molar-refractivity contribution in [1.82, 2.24) is 19.5 Å². The number of benzene rings is 1. The van der Waals surface area contributed by atoms with E-state index in [1.807, 2.05) is 35.9 Å². The molecule has 2 aromatic heterocycles.